The topological polar surface area (TPSA) is 62.4 Å². The minimum atomic E-state index is -1.55. The first kappa shape index (κ1) is 31.8. The largest absolute Gasteiger partial charge is 0.382 e. The zero-order chi connectivity index (χ0) is 30.1. The van der Waals surface area contributed by atoms with E-state index in [0.717, 1.165) is 49.8 Å². The van der Waals surface area contributed by atoms with Crippen LogP contribution in [0.25, 0.3) is 10.9 Å². The van der Waals surface area contributed by atoms with Gasteiger partial charge in [-0.05, 0) is 49.7 Å². The predicted octanol–water partition coefficient (Wildman–Crippen LogP) is 6.60. The molecule has 4 aromatic rings. The molecule has 0 bridgehead atoms. The number of halogens is 3. The summed E-state index contributed by atoms with van der Waals surface area (Å²) in [4.78, 5) is 8.58. The zero-order valence-corrected chi connectivity index (χ0v) is 26.4. The molecule has 232 valence electrons. The molecule has 5 rings (SSSR count). The van der Waals surface area contributed by atoms with Crippen molar-refractivity contribution >= 4 is 26.8 Å². The summed E-state index contributed by atoms with van der Waals surface area (Å²) < 4.78 is 33.3. The van der Waals surface area contributed by atoms with Gasteiger partial charge in [0.05, 0.1) is 6.54 Å². The molecule has 3 heterocycles. The van der Waals surface area contributed by atoms with E-state index < -0.39 is 17.2 Å². The molecule has 1 aliphatic rings. The Labute approximate surface area is 261 Å². The van der Waals surface area contributed by atoms with Gasteiger partial charge in [0.15, 0.2) is 0 Å². The van der Waals surface area contributed by atoms with Crippen LogP contribution in [0.4, 0.5) is 8.78 Å². The lowest BCUT2D eigenvalue weighted by Gasteiger charge is -2.39. The molecule has 0 amide bonds. The molecule has 1 saturated heterocycles. The number of benzene rings is 2. The van der Waals surface area contributed by atoms with Crippen molar-refractivity contribution in [1.82, 2.24) is 29.1 Å². The van der Waals surface area contributed by atoms with Gasteiger partial charge in [-0.25, -0.2) is 18.4 Å². The maximum absolute atomic E-state index is 14.7. The maximum atomic E-state index is 14.7. The Morgan fingerprint density at radius 2 is 1.49 bits per heavy atom. The minimum absolute atomic E-state index is 0.0401. The van der Waals surface area contributed by atoms with E-state index in [4.69, 9.17) is 0 Å². The Balaban J connectivity index is 0.947. The second-order valence-electron chi connectivity index (χ2n) is 11.9. The third-order valence-corrected chi connectivity index (χ3v) is 9.12. The van der Waals surface area contributed by atoms with Gasteiger partial charge in [0, 0.05) is 72.5 Å². The Hall–Kier alpha value is -2.66. The minimum Gasteiger partial charge on any atom is -0.382 e. The van der Waals surface area contributed by atoms with E-state index >= 15 is 0 Å². The van der Waals surface area contributed by atoms with Gasteiger partial charge in [-0.3, -0.25) is 4.90 Å². The van der Waals surface area contributed by atoms with Crippen molar-refractivity contribution in [3.8, 4) is 0 Å². The van der Waals surface area contributed by atoms with Crippen LogP contribution in [-0.4, -0.2) is 73.5 Å². The number of fused-ring (bicyclic) bond motifs is 1. The lowest BCUT2D eigenvalue weighted by Crippen LogP contribution is -2.52. The molecule has 0 saturated carbocycles. The molecule has 10 heteroatoms. The van der Waals surface area contributed by atoms with Crippen molar-refractivity contribution in [2.45, 2.75) is 70.1 Å². The Morgan fingerprint density at radius 3 is 2.19 bits per heavy atom. The van der Waals surface area contributed by atoms with Crippen molar-refractivity contribution < 1.29 is 13.9 Å². The lowest BCUT2D eigenvalue weighted by molar-refractivity contribution is -0.0319. The van der Waals surface area contributed by atoms with E-state index in [-0.39, 0.29) is 18.7 Å². The van der Waals surface area contributed by atoms with Gasteiger partial charge in [0.2, 0.25) is 0 Å². The second-order valence-corrected chi connectivity index (χ2v) is 12.8. The van der Waals surface area contributed by atoms with Gasteiger partial charge < -0.3 is 14.6 Å². The highest BCUT2D eigenvalue weighted by Gasteiger charge is 2.36. The monoisotopic (exact) mass is 656 g/mol. The summed E-state index contributed by atoms with van der Waals surface area (Å²) in [5, 5.41) is 17.0. The Bertz CT molecular complexity index is 1420. The Morgan fingerprint density at radius 1 is 0.791 bits per heavy atom. The van der Waals surface area contributed by atoms with Gasteiger partial charge in [0.25, 0.3) is 0 Å². The normalized spacial score (nSPS) is 16.2. The summed E-state index contributed by atoms with van der Waals surface area (Å²) in [6.07, 6.45) is 15.2. The van der Waals surface area contributed by atoms with Crippen molar-refractivity contribution in [2.75, 3.05) is 39.3 Å². The first-order chi connectivity index (χ1) is 20.9. The molecular formula is C33H43BrF2N6O. The van der Waals surface area contributed by atoms with Crippen molar-refractivity contribution in [3.05, 3.63) is 83.0 Å². The molecule has 2 aromatic carbocycles. The van der Waals surface area contributed by atoms with Crippen LogP contribution >= 0.6 is 15.9 Å². The molecule has 2 aromatic heterocycles. The molecular weight excluding hydrogens is 614 g/mol. The van der Waals surface area contributed by atoms with Crippen LogP contribution in [0.15, 0.2) is 65.8 Å². The number of aromatic nitrogens is 4. The van der Waals surface area contributed by atoms with Crippen molar-refractivity contribution in [3.63, 3.8) is 0 Å². The Kier molecular flexibility index (Phi) is 11.3. The molecule has 43 heavy (non-hydrogen) atoms. The number of β-amino-alcohol motifs (C(OH)–C–C–N with tert-alkyl or cyclic N) is 1. The number of piperazine rings is 1. The van der Waals surface area contributed by atoms with E-state index in [1.54, 1.807) is 0 Å². The molecule has 1 unspecified atom stereocenters. The van der Waals surface area contributed by atoms with Crippen LogP contribution in [-0.2, 0) is 18.7 Å². The van der Waals surface area contributed by atoms with E-state index in [1.807, 2.05) is 0 Å². The summed E-state index contributed by atoms with van der Waals surface area (Å²) in [5.74, 6) is -1.41. The molecule has 0 radical (unpaired) electrons. The van der Waals surface area contributed by atoms with Gasteiger partial charge in [-0.1, -0.05) is 60.5 Å². The highest BCUT2D eigenvalue weighted by molar-refractivity contribution is 9.10. The fraction of sp³-hybridized carbons (Fsp3) is 0.515. The zero-order valence-electron chi connectivity index (χ0n) is 24.9. The highest BCUT2D eigenvalue weighted by Crippen LogP contribution is 2.28. The summed E-state index contributed by atoms with van der Waals surface area (Å²) in [7, 11) is 0. The van der Waals surface area contributed by atoms with Crippen LogP contribution in [0, 0.1) is 11.6 Å². The van der Waals surface area contributed by atoms with Crippen molar-refractivity contribution in [1.29, 1.82) is 0 Å². The first-order valence-corrected chi connectivity index (χ1v) is 16.4. The van der Waals surface area contributed by atoms with Crippen LogP contribution in [0.3, 0.4) is 0 Å². The SMILES string of the molecule is OC(CN1CCN(CCCCCCCCCCn2ccc3cc(Br)ccc32)CC1)(Cn1cncn1)c1ccc(F)cc1F. The summed E-state index contributed by atoms with van der Waals surface area (Å²) in [6, 6.07) is 12.0. The van der Waals surface area contributed by atoms with Gasteiger partial charge in [-0.2, -0.15) is 5.10 Å². The van der Waals surface area contributed by atoms with Gasteiger partial charge >= 0.3 is 0 Å². The lowest BCUT2D eigenvalue weighted by atomic mass is 9.92. The number of hydrogen-bond donors (Lipinski definition) is 1. The average molecular weight is 658 g/mol. The summed E-state index contributed by atoms with van der Waals surface area (Å²) in [6.45, 7) is 5.87. The fourth-order valence-electron chi connectivity index (χ4n) is 6.25. The summed E-state index contributed by atoms with van der Waals surface area (Å²) in [5.41, 5.74) is -0.161. The number of rotatable bonds is 16. The molecule has 1 atom stereocenters. The number of aliphatic hydroxyl groups is 1. The smallest absolute Gasteiger partial charge is 0.137 e. The standard InChI is InChI=1S/C33H43BrF2N6O/c34-28-9-12-32-27(21-28)13-16-41(32)15-8-6-4-2-1-3-5-7-14-39-17-19-40(20-18-39)23-33(43,24-42-26-37-25-38-42)30-11-10-29(35)22-31(30)36/h9-13,16,21-22,25-26,43H,1-8,14-15,17-20,23-24H2. The van der Waals surface area contributed by atoms with E-state index in [9.17, 15) is 13.9 Å². The number of unbranched alkanes of at least 4 members (excludes halogenated alkanes) is 7. The van der Waals surface area contributed by atoms with Gasteiger partial charge in [0.1, 0.15) is 29.9 Å². The van der Waals surface area contributed by atoms with Crippen LogP contribution in [0.2, 0.25) is 0 Å². The van der Waals surface area contributed by atoms with Crippen molar-refractivity contribution in [2.24, 2.45) is 0 Å². The molecule has 0 spiro atoms. The van der Waals surface area contributed by atoms with E-state index in [1.165, 1.54) is 91.7 Å². The molecule has 1 N–H and O–H groups in total. The quantitative estimate of drug-likeness (QED) is 0.138. The van der Waals surface area contributed by atoms with E-state index in [0.29, 0.717) is 0 Å². The fourth-order valence-corrected chi connectivity index (χ4v) is 6.63. The van der Waals surface area contributed by atoms with Crippen LogP contribution in [0.1, 0.15) is 56.9 Å². The summed E-state index contributed by atoms with van der Waals surface area (Å²) >= 11 is 3.55. The number of hydrogen-bond acceptors (Lipinski definition) is 5. The third-order valence-electron chi connectivity index (χ3n) is 8.63. The maximum Gasteiger partial charge on any atom is 0.137 e. The predicted molar refractivity (Wildman–Crippen MR) is 170 cm³/mol. The van der Waals surface area contributed by atoms with E-state index in [2.05, 4.69) is 70.8 Å². The molecule has 7 nitrogen and oxygen atoms in total. The molecule has 1 aliphatic heterocycles. The average Bonchev–Trinajstić information content (AvgIpc) is 3.64. The highest BCUT2D eigenvalue weighted by atomic mass is 79.9. The van der Waals surface area contributed by atoms with Crippen LogP contribution < -0.4 is 0 Å². The second kappa shape index (κ2) is 15.4. The third kappa shape index (κ3) is 8.94. The number of nitrogens with zero attached hydrogens (tertiary/aromatic N) is 6. The first-order valence-electron chi connectivity index (χ1n) is 15.6. The van der Waals surface area contributed by atoms with Gasteiger partial charge in [-0.15, -0.1) is 0 Å². The number of aryl methyl sites for hydroxylation is 1. The molecule has 1 fully saturated rings. The van der Waals surface area contributed by atoms with Crippen LogP contribution in [0.5, 0.6) is 0 Å². The molecule has 0 aliphatic carbocycles.